The van der Waals surface area contributed by atoms with Gasteiger partial charge in [0.15, 0.2) is 0 Å². The van der Waals surface area contributed by atoms with Crippen molar-refractivity contribution in [3.05, 3.63) is 0 Å². The van der Waals surface area contributed by atoms with Crippen molar-refractivity contribution in [3.63, 3.8) is 0 Å². The summed E-state index contributed by atoms with van der Waals surface area (Å²) in [6.45, 7) is 1.20. The van der Waals surface area contributed by atoms with Crippen molar-refractivity contribution < 1.29 is 13.2 Å². The Morgan fingerprint density at radius 3 is 2.79 bits per heavy atom. The van der Waals surface area contributed by atoms with E-state index in [1.165, 1.54) is 7.11 Å². The molecule has 0 aromatic rings. The molecule has 0 amide bonds. The van der Waals surface area contributed by atoms with Crippen molar-refractivity contribution in [1.29, 1.82) is 0 Å². The molecular weight excluding hydrogens is 268 g/mol. The van der Waals surface area contributed by atoms with Crippen LogP contribution in [0.2, 0.25) is 0 Å². The van der Waals surface area contributed by atoms with Crippen LogP contribution in [0.3, 0.4) is 0 Å². The molecule has 1 rings (SSSR count). The topological polar surface area (TPSA) is 83.4 Å². The lowest BCUT2D eigenvalue weighted by molar-refractivity contribution is 0.412. The lowest BCUT2D eigenvalue weighted by atomic mass is 10.3. The van der Waals surface area contributed by atoms with E-state index in [4.69, 9.17) is 4.74 Å². The first kappa shape index (κ1) is 15.5. The van der Waals surface area contributed by atoms with Crippen LogP contribution < -0.4 is 4.72 Å². The van der Waals surface area contributed by atoms with Crippen LogP contribution in [-0.4, -0.2) is 59.3 Å². The number of unbranched alkanes of at least 4 members (excludes halogenated alkanes) is 1. The van der Waals surface area contributed by atoms with E-state index >= 15 is 0 Å². The number of hydrogen-bond acceptors (Lipinski definition) is 5. The Kier molecular flexibility index (Phi) is 5.79. The second kappa shape index (κ2) is 7.11. The van der Waals surface area contributed by atoms with Gasteiger partial charge in [-0.2, -0.15) is 8.42 Å². The molecule has 19 heavy (non-hydrogen) atoms. The number of amidine groups is 1. The molecule has 1 aliphatic heterocycles. The molecule has 0 bridgehead atoms. The Balaban J connectivity index is 2.38. The monoisotopic (exact) mass is 286 g/mol. The molecular formula is C11H18N4O3S. The van der Waals surface area contributed by atoms with Crippen LogP contribution in [0.4, 0.5) is 0 Å². The van der Waals surface area contributed by atoms with Crippen LogP contribution in [0.15, 0.2) is 9.39 Å². The van der Waals surface area contributed by atoms with Crippen molar-refractivity contribution in [3.8, 4) is 11.8 Å². The Morgan fingerprint density at radius 2 is 2.16 bits per heavy atom. The van der Waals surface area contributed by atoms with Gasteiger partial charge in [0.05, 0.1) is 13.7 Å². The largest absolute Gasteiger partial charge is 0.478 e. The fraction of sp³-hybridized carbons (Fsp3) is 0.636. The predicted octanol–water partition coefficient (Wildman–Crippen LogP) is -0.377. The molecule has 106 valence electrons. The SMILES string of the molecule is COC1=NS(=O)(=O)NC1=NCCCC#CCN(C)C. The Labute approximate surface area is 113 Å². The van der Waals surface area contributed by atoms with Crippen molar-refractivity contribution >= 4 is 21.9 Å². The van der Waals surface area contributed by atoms with Gasteiger partial charge in [-0.15, -0.1) is 10.3 Å². The van der Waals surface area contributed by atoms with Crippen molar-refractivity contribution in [2.45, 2.75) is 12.8 Å². The average molecular weight is 286 g/mol. The maximum absolute atomic E-state index is 11.2. The third kappa shape index (κ3) is 5.72. The van der Waals surface area contributed by atoms with Gasteiger partial charge < -0.3 is 4.74 Å². The van der Waals surface area contributed by atoms with E-state index in [1.54, 1.807) is 0 Å². The molecule has 1 aliphatic rings. The average Bonchev–Trinajstić information content (AvgIpc) is 2.62. The molecule has 0 saturated carbocycles. The zero-order chi connectivity index (χ0) is 14.3. The summed E-state index contributed by atoms with van der Waals surface area (Å²) in [7, 11) is 1.60. The molecule has 0 aromatic heterocycles. The minimum atomic E-state index is -3.67. The Morgan fingerprint density at radius 1 is 1.42 bits per heavy atom. The van der Waals surface area contributed by atoms with Crippen molar-refractivity contribution in [1.82, 2.24) is 9.62 Å². The molecule has 0 aliphatic carbocycles. The molecule has 7 nitrogen and oxygen atoms in total. The van der Waals surface area contributed by atoms with E-state index in [-0.39, 0.29) is 11.7 Å². The quantitative estimate of drug-likeness (QED) is 0.564. The van der Waals surface area contributed by atoms with E-state index < -0.39 is 10.2 Å². The van der Waals surface area contributed by atoms with Crippen molar-refractivity contribution in [2.75, 3.05) is 34.3 Å². The second-order valence-corrected chi connectivity index (χ2v) is 5.44. The van der Waals surface area contributed by atoms with Crippen LogP contribution >= 0.6 is 0 Å². The van der Waals surface area contributed by atoms with E-state index in [0.29, 0.717) is 6.54 Å². The zero-order valence-electron chi connectivity index (χ0n) is 11.3. The first-order valence-electron chi connectivity index (χ1n) is 5.76. The number of aliphatic imine (C=N–C) groups is 1. The number of hydrogen-bond donors (Lipinski definition) is 1. The second-order valence-electron chi connectivity index (χ2n) is 4.10. The van der Waals surface area contributed by atoms with Gasteiger partial charge in [0.1, 0.15) is 0 Å². The number of rotatable bonds is 4. The highest BCUT2D eigenvalue weighted by atomic mass is 32.2. The first-order chi connectivity index (χ1) is 8.94. The third-order valence-corrected chi connectivity index (χ3v) is 2.93. The summed E-state index contributed by atoms with van der Waals surface area (Å²) >= 11 is 0. The Hall–Kier alpha value is -1.59. The van der Waals surface area contributed by atoms with Crippen LogP contribution in [-0.2, 0) is 14.9 Å². The molecule has 0 unspecified atom stereocenters. The minimum Gasteiger partial charge on any atom is -0.478 e. The van der Waals surface area contributed by atoms with E-state index in [1.807, 2.05) is 19.0 Å². The van der Waals surface area contributed by atoms with Gasteiger partial charge in [-0.3, -0.25) is 9.89 Å². The van der Waals surface area contributed by atoms with E-state index in [0.717, 1.165) is 19.4 Å². The lowest BCUT2D eigenvalue weighted by Gasteiger charge is -2.01. The van der Waals surface area contributed by atoms with Crippen LogP contribution in [0.1, 0.15) is 12.8 Å². The summed E-state index contributed by atoms with van der Waals surface area (Å²) in [5.41, 5.74) is 0. The standard InChI is InChI=1S/C11H18N4O3S/c1-15(2)9-7-5-4-6-8-12-10-11(18-3)14-19(16,17)13-10/h4,6,8-9H2,1-3H3,(H,12,13). The summed E-state index contributed by atoms with van der Waals surface area (Å²) in [6.07, 6.45) is 1.47. The molecule has 0 fully saturated rings. The highest BCUT2D eigenvalue weighted by Crippen LogP contribution is 2.02. The summed E-state index contributed by atoms with van der Waals surface area (Å²) < 4.78 is 32.7. The number of nitrogens with one attached hydrogen (secondary N) is 1. The van der Waals surface area contributed by atoms with E-state index in [2.05, 4.69) is 26.0 Å². The first-order valence-corrected chi connectivity index (χ1v) is 7.20. The van der Waals surface area contributed by atoms with Gasteiger partial charge in [-0.25, -0.2) is 4.72 Å². The Bertz CT molecular complexity index is 526. The van der Waals surface area contributed by atoms with Crippen LogP contribution in [0.5, 0.6) is 0 Å². The molecule has 0 aromatic carbocycles. The molecule has 1 heterocycles. The predicted molar refractivity (Wildman–Crippen MR) is 74.4 cm³/mol. The summed E-state index contributed by atoms with van der Waals surface area (Å²) in [5, 5.41) is 0. The van der Waals surface area contributed by atoms with E-state index in [9.17, 15) is 8.42 Å². The zero-order valence-corrected chi connectivity index (χ0v) is 12.1. The van der Waals surface area contributed by atoms with Crippen LogP contribution in [0, 0.1) is 11.8 Å². The summed E-state index contributed by atoms with van der Waals surface area (Å²) in [6, 6.07) is 0. The number of ether oxygens (including phenoxy) is 1. The van der Waals surface area contributed by atoms with Crippen LogP contribution in [0.25, 0.3) is 0 Å². The number of methoxy groups -OCH3 is 1. The van der Waals surface area contributed by atoms with Crippen molar-refractivity contribution in [2.24, 2.45) is 9.39 Å². The third-order valence-electron chi connectivity index (χ3n) is 2.07. The van der Waals surface area contributed by atoms with Gasteiger partial charge in [-0.1, -0.05) is 5.92 Å². The molecule has 0 spiro atoms. The lowest BCUT2D eigenvalue weighted by Crippen LogP contribution is -2.27. The smallest absolute Gasteiger partial charge is 0.347 e. The maximum atomic E-state index is 11.2. The molecule has 0 atom stereocenters. The molecule has 8 heteroatoms. The van der Waals surface area contributed by atoms with Gasteiger partial charge in [0.25, 0.3) is 5.90 Å². The summed E-state index contributed by atoms with van der Waals surface area (Å²) in [5.74, 6) is 6.19. The fourth-order valence-corrected chi connectivity index (χ4v) is 2.06. The molecule has 1 N–H and O–H groups in total. The number of nitrogens with zero attached hydrogens (tertiary/aromatic N) is 3. The van der Waals surface area contributed by atoms with Gasteiger partial charge >= 0.3 is 10.2 Å². The maximum Gasteiger partial charge on any atom is 0.347 e. The fourth-order valence-electron chi connectivity index (χ4n) is 1.24. The highest BCUT2D eigenvalue weighted by Gasteiger charge is 2.26. The molecule has 0 radical (unpaired) electrons. The summed E-state index contributed by atoms with van der Waals surface area (Å²) in [4.78, 5) is 6.08. The normalized spacial score (nSPS) is 18.7. The molecule has 0 saturated heterocycles. The van der Waals surface area contributed by atoms with Gasteiger partial charge in [0, 0.05) is 13.0 Å². The highest BCUT2D eigenvalue weighted by molar-refractivity contribution is 7.89. The minimum absolute atomic E-state index is 0.00121. The van der Waals surface area contributed by atoms with Gasteiger partial charge in [0.2, 0.25) is 5.84 Å². The van der Waals surface area contributed by atoms with Gasteiger partial charge in [-0.05, 0) is 20.5 Å².